The minimum atomic E-state index is -4.29. The minimum Gasteiger partial charge on any atom is -0.382 e. The van der Waals surface area contributed by atoms with Gasteiger partial charge in [-0.25, -0.2) is 0 Å². The van der Waals surface area contributed by atoms with Crippen molar-refractivity contribution < 1.29 is 13.2 Å². The van der Waals surface area contributed by atoms with Gasteiger partial charge in [0.1, 0.15) is 0 Å². The van der Waals surface area contributed by atoms with E-state index < -0.39 is 11.7 Å². The molecular formula is C13H15BrF3N. The zero-order chi connectivity index (χ0) is 13.3. The van der Waals surface area contributed by atoms with Crippen LogP contribution in [0.15, 0.2) is 22.7 Å². The average Bonchev–Trinajstić information content (AvgIpc) is 3.03. The van der Waals surface area contributed by atoms with E-state index in [0.717, 1.165) is 30.2 Å². The van der Waals surface area contributed by atoms with Crippen molar-refractivity contribution >= 4 is 21.6 Å². The molecule has 18 heavy (non-hydrogen) atoms. The molecule has 5 heteroatoms. The van der Waals surface area contributed by atoms with Crippen LogP contribution in [0.3, 0.4) is 0 Å². The standard InChI is InChI=1S/C13H15BrF3N/c1-8(6-9-2-3-9)18-12-5-4-10(7-11(12)14)13(15,16)17/h4-5,7-9,18H,2-3,6H2,1H3. The Morgan fingerprint density at radius 1 is 1.39 bits per heavy atom. The highest BCUT2D eigenvalue weighted by molar-refractivity contribution is 9.10. The lowest BCUT2D eigenvalue weighted by atomic mass is 10.1. The number of hydrogen-bond donors (Lipinski definition) is 1. The third kappa shape index (κ3) is 3.64. The maximum absolute atomic E-state index is 12.5. The number of benzene rings is 1. The molecule has 1 nitrogen and oxygen atoms in total. The molecule has 0 aromatic heterocycles. The van der Waals surface area contributed by atoms with Gasteiger partial charge in [-0.15, -0.1) is 0 Å². The molecule has 0 spiro atoms. The predicted molar refractivity (Wildman–Crippen MR) is 69.6 cm³/mol. The Hall–Kier alpha value is -0.710. The highest BCUT2D eigenvalue weighted by Crippen LogP contribution is 2.36. The van der Waals surface area contributed by atoms with Crippen molar-refractivity contribution in [2.75, 3.05) is 5.32 Å². The van der Waals surface area contributed by atoms with E-state index in [9.17, 15) is 13.2 Å². The second kappa shape index (κ2) is 5.11. The minimum absolute atomic E-state index is 0.283. The fourth-order valence-corrected chi connectivity index (χ4v) is 2.48. The summed E-state index contributed by atoms with van der Waals surface area (Å²) >= 11 is 3.19. The van der Waals surface area contributed by atoms with Gasteiger partial charge in [-0.3, -0.25) is 0 Å². The van der Waals surface area contributed by atoms with Gasteiger partial charge in [0.15, 0.2) is 0 Å². The third-order valence-corrected chi connectivity index (χ3v) is 3.74. The van der Waals surface area contributed by atoms with Crippen LogP contribution in [0.1, 0.15) is 31.7 Å². The predicted octanol–water partition coefficient (Wildman–Crippen LogP) is 5.07. The molecule has 1 aliphatic rings. The molecular weight excluding hydrogens is 307 g/mol. The van der Waals surface area contributed by atoms with Crippen molar-refractivity contribution in [2.45, 2.75) is 38.4 Å². The van der Waals surface area contributed by atoms with Crippen LogP contribution in [0, 0.1) is 5.92 Å². The molecule has 0 amide bonds. The Morgan fingerprint density at radius 2 is 2.06 bits per heavy atom. The van der Waals surface area contributed by atoms with Crippen LogP contribution in [-0.2, 0) is 6.18 Å². The van der Waals surface area contributed by atoms with Crippen LogP contribution in [-0.4, -0.2) is 6.04 Å². The van der Waals surface area contributed by atoms with E-state index in [4.69, 9.17) is 0 Å². The van der Waals surface area contributed by atoms with Crippen LogP contribution in [0.5, 0.6) is 0 Å². The van der Waals surface area contributed by atoms with Crippen molar-refractivity contribution in [1.82, 2.24) is 0 Å². The van der Waals surface area contributed by atoms with Gasteiger partial charge in [-0.2, -0.15) is 13.2 Å². The maximum Gasteiger partial charge on any atom is 0.416 e. The monoisotopic (exact) mass is 321 g/mol. The number of anilines is 1. The molecule has 1 atom stereocenters. The van der Waals surface area contributed by atoms with Gasteiger partial charge in [0, 0.05) is 16.2 Å². The summed E-state index contributed by atoms with van der Waals surface area (Å²) in [4.78, 5) is 0. The Labute approximate surface area is 113 Å². The summed E-state index contributed by atoms with van der Waals surface area (Å²) in [5.41, 5.74) is 0.0888. The lowest BCUT2D eigenvalue weighted by molar-refractivity contribution is -0.137. The van der Waals surface area contributed by atoms with Crippen LogP contribution in [0.2, 0.25) is 0 Å². The molecule has 1 saturated carbocycles. The zero-order valence-electron chi connectivity index (χ0n) is 10.0. The van der Waals surface area contributed by atoms with E-state index in [1.54, 1.807) is 0 Å². The molecule has 1 aromatic rings. The molecule has 0 radical (unpaired) electrons. The first-order valence-corrected chi connectivity index (χ1v) is 6.79. The van der Waals surface area contributed by atoms with E-state index in [-0.39, 0.29) is 6.04 Å². The summed E-state index contributed by atoms with van der Waals surface area (Å²) in [7, 11) is 0. The van der Waals surface area contributed by atoms with E-state index >= 15 is 0 Å². The summed E-state index contributed by atoms with van der Waals surface area (Å²) in [5.74, 6) is 0.792. The van der Waals surface area contributed by atoms with Crippen LogP contribution >= 0.6 is 15.9 Å². The number of hydrogen-bond acceptors (Lipinski definition) is 1. The molecule has 1 aromatic carbocycles. The smallest absolute Gasteiger partial charge is 0.382 e. The Kier molecular flexibility index (Phi) is 3.90. The summed E-state index contributed by atoms with van der Waals surface area (Å²) < 4.78 is 38.0. The Morgan fingerprint density at radius 3 is 2.56 bits per heavy atom. The average molecular weight is 322 g/mol. The van der Waals surface area contributed by atoms with Gasteiger partial charge < -0.3 is 5.32 Å². The molecule has 0 aliphatic heterocycles. The van der Waals surface area contributed by atoms with Crippen LogP contribution in [0.4, 0.5) is 18.9 Å². The summed E-state index contributed by atoms with van der Waals surface area (Å²) in [6, 6.07) is 3.99. The van der Waals surface area contributed by atoms with E-state index in [0.29, 0.717) is 4.47 Å². The van der Waals surface area contributed by atoms with E-state index in [2.05, 4.69) is 28.2 Å². The van der Waals surface area contributed by atoms with Crippen LogP contribution in [0.25, 0.3) is 0 Å². The van der Waals surface area contributed by atoms with Gasteiger partial charge >= 0.3 is 6.18 Å². The second-order valence-corrected chi connectivity index (χ2v) is 5.77. The lowest BCUT2D eigenvalue weighted by Gasteiger charge is -2.17. The quantitative estimate of drug-likeness (QED) is 0.816. The zero-order valence-corrected chi connectivity index (χ0v) is 11.6. The first kappa shape index (κ1) is 13.7. The van der Waals surface area contributed by atoms with E-state index in [1.807, 2.05) is 0 Å². The summed E-state index contributed by atoms with van der Waals surface area (Å²) in [6.45, 7) is 2.06. The lowest BCUT2D eigenvalue weighted by Crippen LogP contribution is -2.16. The van der Waals surface area contributed by atoms with E-state index in [1.165, 1.54) is 18.9 Å². The number of nitrogens with one attached hydrogen (secondary N) is 1. The SMILES string of the molecule is CC(CC1CC1)Nc1ccc(C(F)(F)F)cc1Br. The molecule has 100 valence electrons. The molecule has 1 aliphatic carbocycles. The normalized spacial score (nSPS) is 17.6. The molecule has 0 heterocycles. The number of halogens is 4. The van der Waals surface area contributed by atoms with Gasteiger partial charge in [0.2, 0.25) is 0 Å². The first-order chi connectivity index (χ1) is 8.36. The maximum atomic E-state index is 12.5. The second-order valence-electron chi connectivity index (χ2n) is 4.92. The van der Waals surface area contributed by atoms with Gasteiger partial charge in [0.05, 0.1) is 5.56 Å². The third-order valence-electron chi connectivity index (χ3n) is 3.08. The fourth-order valence-electron chi connectivity index (χ4n) is 1.99. The largest absolute Gasteiger partial charge is 0.416 e. The summed E-state index contributed by atoms with van der Waals surface area (Å²) in [6.07, 6.45) is -0.658. The fraction of sp³-hybridized carbons (Fsp3) is 0.538. The van der Waals surface area contributed by atoms with Gasteiger partial charge in [-0.1, -0.05) is 12.8 Å². The highest BCUT2D eigenvalue weighted by atomic mass is 79.9. The van der Waals surface area contributed by atoms with Crippen molar-refractivity contribution in [3.63, 3.8) is 0 Å². The number of rotatable bonds is 4. The van der Waals surface area contributed by atoms with Gasteiger partial charge in [0.25, 0.3) is 0 Å². The van der Waals surface area contributed by atoms with Crippen LogP contribution < -0.4 is 5.32 Å². The van der Waals surface area contributed by atoms with Crippen molar-refractivity contribution in [1.29, 1.82) is 0 Å². The van der Waals surface area contributed by atoms with Crippen molar-refractivity contribution in [2.24, 2.45) is 5.92 Å². The first-order valence-electron chi connectivity index (χ1n) is 5.99. The molecule has 0 saturated heterocycles. The highest BCUT2D eigenvalue weighted by Gasteiger charge is 2.31. The Balaban J connectivity index is 2.04. The Bertz CT molecular complexity index is 427. The summed E-state index contributed by atoms with van der Waals surface area (Å²) in [5, 5.41) is 3.25. The topological polar surface area (TPSA) is 12.0 Å². The van der Waals surface area contributed by atoms with Crippen molar-refractivity contribution in [3.05, 3.63) is 28.2 Å². The molecule has 2 rings (SSSR count). The van der Waals surface area contributed by atoms with Crippen molar-refractivity contribution in [3.8, 4) is 0 Å². The molecule has 1 unspecified atom stereocenters. The molecule has 1 fully saturated rings. The molecule has 1 N–H and O–H groups in total. The number of alkyl halides is 3. The van der Waals surface area contributed by atoms with Gasteiger partial charge in [-0.05, 0) is 53.4 Å². The molecule has 0 bridgehead atoms.